The van der Waals surface area contributed by atoms with Crippen LogP contribution in [0.1, 0.15) is 45.6 Å². The van der Waals surface area contributed by atoms with Crippen LogP contribution in [-0.4, -0.2) is 20.0 Å². The maximum absolute atomic E-state index is 12.7. The van der Waals surface area contributed by atoms with Crippen LogP contribution in [-0.2, 0) is 4.79 Å². The largest absolute Gasteiger partial charge is 0.493 e. The average Bonchev–Trinajstić information content (AvgIpc) is 2.48. The number of carbonyl (C=O) groups excluding carboxylic acids is 1. The Morgan fingerprint density at radius 1 is 1.14 bits per heavy atom. The van der Waals surface area contributed by atoms with Gasteiger partial charge in [0.05, 0.1) is 14.2 Å². The topological polar surface area (TPSA) is 35.5 Å². The van der Waals surface area contributed by atoms with Crippen molar-refractivity contribution in [1.82, 2.24) is 0 Å². The summed E-state index contributed by atoms with van der Waals surface area (Å²) in [6.07, 6.45) is 4.93. The van der Waals surface area contributed by atoms with Crippen LogP contribution in [0.25, 0.3) is 6.08 Å². The predicted octanol–water partition coefficient (Wildman–Crippen LogP) is 4.50. The Hall–Kier alpha value is -1.77. The number of ketones is 1. The highest BCUT2D eigenvalue weighted by molar-refractivity contribution is 6.02. The van der Waals surface area contributed by atoms with Crippen LogP contribution in [0.3, 0.4) is 0 Å². The molecule has 22 heavy (non-hydrogen) atoms. The molecule has 0 amide bonds. The molecule has 0 bridgehead atoms. The zero-order valence-corrected chi connectivity index (χ0v) is 14.2. The monoisotopic (exact) mass is 302 g/mol. The van der Waals surface area contributed by atoms with Crippen molar-refractivity contribution in [2.75, 3.05) is 14.2 Å². The summed E-state index contributed by atoms with van der Waals surface area (Å²) in [5.74, 6) is 1.81. The summed E-state index contributed by atoms with van der Waals surface area (Å²) in [4.78, 5) is 12.7. The van der Waals surface area contributed by atoms with E-state index in [1.54, 1.807) is 14.2 Å². The molecule has 1 fully saturated rings. The second kappa shape index (κ2) is 6.55. The molecule has 1 saturated carbocycles. The fourth-order valence-corrected chi connectivity index (χ4v) is 3.09. The molecular formula is C19H26O3. The summed E-state index contributed by atoms with van der Waals surface area (Å²) in [6.45, 7) is 6.44. The second-order valence-electron chi connectivity index (χ2n) is 6.96. The first-order valence-corrected chi connectivity index (χ1v) is 7.83. The van der Waals surface area contributed by atoms with Crippen LogP contribution in [0.2, 0.25) is 0 Å². The van der Waals surface area contributed by atoms with Gasteiger partial charge < -0.3 is 9.47 Å². The van der Waals surface area contributed by atoms with Gasteiger partial charge in [0.1, 0.15) is 0 Å². The number of benzene rings is 1. The van der Waals surface area contributed by atoms with Gasteiger partial charge in [-0.15, -0.1) is 0 Å². The van der Waals surface area contributed by atoms with Gasteiger partial charge in [-0.25, -0.2) is 0 Å². The fourth-order valence-electron chi connectivity index (χ4n) is 3.09. The van der Waals surface area contributed by atoms with Crippen molar-refractivity contribution in [3.05, 3.63) is 29.3 Å². The SMILES string of the molecule is COc1ccc(/C=C2\CCC[C@@H](C(C)(C)C)C2=O)cc1OC. The molecule has 0 N–H and O–H groups in total. The van der Waals surface area contributed by atoms with Crippen molar-refractivity contribution in [2.24, 2.45) is 11.3 Å². The quantitative estimate of drug-likeness (QED) is 0.771. The third kappa shape index (κ3) is 3.52. The first kappa shape index (κ1) is 16.6. The Bertz CT molecular complexity index is 579. The molecule has 0 radical (unpaired) electrons. The van der Waals surface area contributed by atoms with E-state index in [1.807, 2.05) is 24.3 Å². The van der Waals surface area contributed by atoms with E-state index in [2.05, 4.69) is 20.8 Å². The van der Waals surface area contributed by atoms with Crippen molar-refractivity contribution in [2.45, 2.75) is 40.0 Å². The van der Waals surface area contributed by atoms with Gasteiger partial charge in [0.15, 0.2) is 17.3 Å². The van der Waals surface area contributed by atoms with Crippen molar-refractivity contribution in [1.29, 1.82) is 0 Å². The van der Waals surface area contributed by atoms with Gasteiger partial charge in [0, 0.05) is 5.92 Å². The average molecular weight is 302 g/mol. The van der Waals surface area contributed by atoms with E-state index in [4.69, 9.17) is 9.47 Å². The highest BCUT2D eigenvalue weighted by atomic mass is 16.5. The standard InChI is InChI=1S/C19H26O3/c1-19(2,3)15-8-6-7-14(18(15)20)11-13-9-10-16(21-4)17(12-13)22-5/h9-12,15H,6-8H2,1-5H3/b14-11+/t15-/m1/s1. The Labute approximate surface area is 133 Å². The van der Waals surface area contributed by atoms with Gasteiger partial charge in [0.25, 0.3) is 0 Å². The zero-order valence-electron chi connectivity index (χ0n) is 14.2. The number of ether oxygens (including phenoxy) is 2. The number of Topliss-reactive ketones (excluding diaryl/α,β-unsaturated/α-hetero) is 1. The van der Waals surface area contributed by atoms with Gasteiger partial charge in [-0.3, -0.25) is 4.79 Å². The molecule has 1 atom stereocenters. The van der Waals surface area contributed by atoms with Gasteiger partial charge in [-0.1, -0.05) is 26.8 Å². The Balaban J connectivity index is 2.30. The molecule has 120 valence electrons. The molecule has 1 aliphatic carbocycles. The van der Waals surface area contributed by atoms with E-state index in [0.717, 1.165) is 30.4 Å². The number of allylic oxidation sites excluding steroid dienone is 1. The third-order valence-corrected chi connectivity index (χ3v) is 4.37. The van der Waals surface area contributed by atoms with Gasteiger partial charge in [-0.05, 0) is 54.0 Å². The summed E-state index contributed by atoms with van der Waals surface area (Å²) in [7, 11) is 3.24. The molecule has 2 rings (SSSR count). The lowest BCUT2D eigenvalue weighted by molar-refractivity contribution is -0.123. The highest BCUT2D eigenvalue weighted by Gasteiger charge is 2.35. The van der Waals surface area contributed by atoms with Crippen molar-refractivity contribution in [3.63, 3.8) is 0 Å². The summed E-state index contributed by atoms with van der Waals surface area (Å²) in [5, 5.41) is 0. The minimum absolute atomic E-state index is 0.0220. The van der Waals surface area contributed by atoms with Crippen LogP contribution >= 0.6 is 0 Å². The number of methoxy groups -OCH3 is 2. The molecule has 1 aliphatic rings. The normalized spacial score (nSPS) is 21.0. The van der Waals surface area contributed by atoms with Crippen molar-refractivity contribution >= 4 is 11.9 Å². The van der Waals surface area contributed by atoms with E-state index in [-0.39, 0.29) is 11.3 Å². The Morgan fingerprint density at radius 2 is 1.82 bits per heavy atom. The minimum atomic E-state index is 0.0220. The molecule has 0 aliphatic heterocycles. The molecule has 0 heterocycles. The van der Waals surface area contributed by atoms with E-state index >= 15 is 0 Å². The summed E-state index contributed by atoms with van der Waals surface area (Å²) >= 11 is 0. The van der Waals surface area contributed by atoms with Crippen LogP contribution in [0.5, 0.6) is 11.5 Å². The molecule has 0 spiro atoms. The van der Waals surface area contributed by atoms with E-state index in [9.17, 15) is 4.79 Å². The molecule has 0 aromatic heterocycles. The fraction of sp³-hybridized carbons (Fsp3) is 0.526. The van der Waals surface area contributed by atoms with Crippen LogP contribution < -0.4 is 9.47 Å². The lowest BCUT2D eigenvalue weighted by Crippen LogP contribution is -2.32. The minimum Gasteiger partial charge on any atom is -0.493 e. The van der Waals surface area contributed by atoms with Gasteiger partial charge >= 0.3 is 0 Å². The summed E-state index contributed by atoms with van der Waals surface area (Å²) < 4.78 is 10.6. The van der Waals surface area contributed by atoms with E-state index in [1.165, 1.54) is 0 Å². The Morgan fingerprint density at radius 3 is 2.41 bits per heavy atom. The van der Waals surface area contributed by atoms with E-state index < -0.39 is 0 Å². The van der Waals surface area contributed by atoms with Gasteiger partial charge in [-0.2, -0.15) is 0 Å². The first-order valence-electron chi connectivity index (χ1n) is 7.83. The van der Waals surface area contributed by atoms with Crippen LogP contribution in [0, 0.1) is 11.3 Å². The molecule has 1 aromatic rings. The van der Waals surface area contributed by atoms with Gasteiger partial charge in [0.2, 0.25) is 0 Å². The highest BCUT2D eigenvalue weighted by Crippen LogP contribution is 2.38. The lowest BCUT2D eigenvalue weighted by atomic mass is 9.70. The first-order chi connectivity index (χ1) is 10.4. The van der Waals surface area contributed by atoms with Crippen LogP contribution in [0.15, 0.2) is 23.8 Å². The molecule has 0 unspecified atom stereocenters. The zero-order chi connectivity index (χ0) is 16.3. The molecule has 1 aromatic carbocycles. The summed E-state index contributed by atoms with van der Waals surface area (Å²) in [5.41, 5.74) is 1.93. The maximum atomic E-state index is 12.7. The molecule has 0 saturated heterocycles. The smallest absolute Gasteiger partial charge is 0.162 e. The third-order valence-electron chi connectivity index (χ3n) is 4.37. The Kier molecular flexibility index (Phi) is 4.94. The van der Waals surface area contributed by atoms with Crippen LogP contribution in [0.4, 0.5) is 0 Å². The summed E-state index contributed by atoms with van der Waals surface area (Å²) in [6, 6.07) is 5.75. The van der Waals surface area contributed by atoms with Crippen molar-refractivity contribution in [3.8, 4) is 11.5 Å². The predicted molar refractivity (Wildman–Crippen MR) is 89.3 cm³/mol. The van der Waals surface area contributed by atoms with E-state index in [0.29, 0.717) is 17.3 Å². The number of carbonyl (C=O) groups is 1. The number of hydrogen-bond acceptors (Lipinski definition) is 3. The molecular weight excluding hydrogens is 276 g/mol. The second-order valence-corrected chi connectivity index (χ2v) is 6.96. The maximum Gasteiger partial charge on any atom is 0.162 e. The number of rotatable bonds is 3. The lowest BCUT2D eigenvalue weighted by Gasteiger charge is -2.33. The van der Waals surface area contributed by atoms with Crippen molar-refractivity contribution < 1.29 is 14.3 Å². The molecule has 3 nitrogen and oxygen atoms in total. The molecule has 3 heteroatoms. The number of hydrogen-bond donors (Lipinski definition) is 0.